The van der Waals surface area contributed by atoms with Crippen molar-refractivity contribution in [1.82, 2.24) is 9.78 Å². The zero-order valence-electron chi connectivity index (χ0n) is 6.75. The molecule has 0 aliphatic heterocycles. The van der Waals surface area contributed by atoms with E-state index in [9.17, 15) is 4.79 Å². The first kappa shape index (κ1) is 7.80. The summed E-state index contributed by atoms with van der Waals surface area (Å²) in [6.07, 6.45) is 3.06. The Morgan fingerprint density at radius 1 is 1.67 bits per heavy atom. The summed E-state index contributed by atoms with van der Waals surface area (Å²) in [5.41, 5.74) is 1.44. The molecule has 0 atom stereocenters. The van der Waals surface area contributed by atoms with Gasteiger partial charge in [0.1, 0.15) is 5.15 Å². The monoisotopic (exact) mass is 184 g/mol. The van der Waals surface area contributed by atoms with Crippen LogP contribution < -0.4 is 0 Å². The Morgan fingerprint density at radius 3 is 2.83 bits per heavy atom. The molecule has 64 valence electrons. The number of rotatable bonds is 2. The van der Waals surface area contributed by atoms with E-state index in [0.29, 0.717) is 16.6 Å². The van der Waals surface area contributed by atoms with Gasteiger partial charge in [0.05, 0.1) is 11.3 Å². The van der Waals surface area contributed by atoms with Gasteiger partial charge in [-0.1, -0.05) is 11.6 Å². The van der Waals surface area contributed by atoms with Crippen LogP contribution in [0.3, 0.4) is 0 Å². The molecule has 0 radical (unpaired) electrons. The van der Waals surface area contributed by atoms with Crippen LogP contribution in [0.25, 0.3) is 0 Å². The van der Waals surface area contributed by atoms with Crippen molar-refractivity contribution in [3.8, 4) is 0 Å². The van der Waals surface area contributed by atoms with E-state index >= 15 is 0 Å². The molecule has 0 N–H and O–H groups in total. The molecule has 0 amide bonds. The van der Waals surface area contributed by atoms with Crippen LogP contribution in [0.4, 0.5) is 0 Å². The van der Waals surface area contributed by atoms with Gasteiger partial charge in [-0.05, 0) is 12.8 Å². The predicted molar refractivity (Wildman–Crippen MR) is 45.6 cm³/mol. The fourth-order valence-electron chi connectivity index (χ4n) is 1.31. The SMILES string of the molecule is Cn1nc(C2CC2)c(C=O)c1Cl. The molecule has 1 fully saturated rings. The average Bonchev–Trinajstić information content (AvgIpc) is 2.82. The Labute approximate surface area is 75.3 Å². The molecule has 1 aromatic rings. The molecule has 0 unspecified atom stereocenters. The van der Waals surface area contributed by atoms with Crippen molar-refractivity contribution in [2.24, 2.45) is 7.05 Å². The first-order chi connectivity index (χ1) is 5.74. The first-order valence-corrected chi connectivity index (χ1v) is 4.29. The van der Waals surface area contributed by atoms with Crippen molar-refractivity contribution in [3.05, 3.63) is 16.4 Å². The third kappa shape index (κ3) is 1.05. The molecule has 2 rings (SSSR count). The number of aldehydes is 1. The molecule has 1 aromatic heterocycles. The maximum absolute atomic E-state index is 10.7. The largest absolute Gasteiger partial charge is 0.298 e. The molecule has 1 heterocycles. The highest BCUT2D eigenvalue weighted by Gasteiger charge is 2.30. The lowest BCUT2D eigenvalue weighted by Crippen LogP contribution is -1.90. The third-order valence-corrected chi connectivity index (χ3v) is 2.57. The molecule has 0 spiro atoms. The van der Waals surface area contributed by atoms with Crippen molar-refractivity contribution in [1.29, 1.82) is 0 Å². The fraction of sp³-hybridized carbons (Fsp3) is 0.500. The molecular weight excluding hydrogens is 176 g/mol. The van der Waals surface area contributed by atoms with Gasteiger partial charge in [-0.15, -0.1) is 0 Å². The van der Waals surface area contributed by atoms with Gasteiger partial charge in [0.15, 0.2) is 6.29 Å². The number of carbonyl (C=O) groups excluding carboxylic acids is 1. The summed E-state index contributed by atoms with van der Waals surface area (Å²) in [7, 11) is 1.75. The van der Waals surface area contributed by atoms with Crippen LogP contribution in [-0.4, -0.2) is 16.1 Å². The molecule has 1 aliphatic carbocycles. The second-order valence-corrected chi connectivity index (χ2v) is 3.46. The van der Waals surface area contributed by atoms with Crippen molar-refractivity contribution < 1.29 is 4.79 Å². The molecule has 0 bridgehead atoms. The number of nitrogens with zero attached hydrogens (tertiary/aromatic N) is 2. The molecule has 1 saturated carbocycles. The van der Waals surface area contributed by atoms with E-state index in [1.807, 2.05) is 0 Å². The summed E-state index contributed by atoms with van der Waals surface area (Å²) in [5.74, 6) is 0.476. The minimum absolute atomic E-state index is 0.451. The number of aryl methyl sites for hydroxylation is 1. The van der Waals surface area contributed by atoms with Crippen LogP contribution >= 0.6 is 11.6 Å². The second-order valence-electron chi connectivity index (χ2n) is 3.11. The summed E-state index contributed by atoms with van der Waals surface area (Å²) in [6, 6.07) is 0. The van der Waals surface area contributed by atoms with E-state index in [2.05, 4.69) is 5.10 Å². The van der Waals surface area contributed by atoms with E-state index in [4.69, 9.17) is 11.6 Å². The number of hydrogen-bond acceptors (Lipinski definition) is 2. The lowest BCUT2D eigenvalue weighted by atomic mass is 10.2. The van der Waals surface area contributed by atoms with E-state index in [1.54, 1.807) is 11.7 Å². The Hall–Kier alpha value is -0.830. The molecule has 0 aromatic carbocycles. The zero-order chi connectivity index (χ0) is 8.72. The Balaban J connectivity index is 2.51. The van der Waals surface area contributed by atoms with E-state index < -0.39 is 0 Å². The summed E-state index contributed by atoms with van der Waals surface area (Å²) >= 11 is 5.86. The topological polar surface area (TPSA) is 34.9 Å². The highest BCUT2D eigenvalue weighted by atomic mass is 35.5. The first-order valence-electron chi connectivity index (χ1n) is 3.91. The Bertz CT molecular complexity index is 328. The molecular formula is C8H9ClN2O. The summed E-state index contributed by atoms with van der Waals surface area (Å²) in [6.45, 7) is 0. The van der Waals surface area contributed by atoms with Crippen LogP contribution in [0, 0.1) is 0 Å². The van der Waals surface area contributed by atoms with Gasteiger partial charge in [0, 0.05) is 13.0 Å². The summed E-state index contributed by atoms with van der Waals surface area (Å²) < 4.78 is 1.55. The molecule has 3 nitrogen and oxygen atoms in total. The maximum atomic E-state index is 10.7. The van der Waals surface area contributed by atoms with Crippen LogP contribution in [0.15, 0.2) is 0 Å². The number of aromatic nitrogens is 2. The number of hydrogen-bond donors (Lipinski definition) is 0. The highest BCUT2D eigenvalue weighted by Crippen LogP contribution is 2.41. The van der Waals surface area contributed by atoms with Crippen molar-refractivity contribution in [3.63, 3.8) is 0 Å². The average molecular weight is 185 g/mol. The molecule has 1 aliphatic rings. The lowest BCUT2D eigenvalue weighted by molar-refractivity contribution is 0.112. The van der Waals surface area contributed by atoms with Crippen molar-refractivity contribution in [2.45, 2.75) is 18.8 Å². The minimum atomic E-state index is 0.451. The number of halogens is 1. The lowest BCUT2D eigenvalue weighted by Gasteiger charge is -1.88. The van der Waals surface area contributed by atoms with E-state index in [-0.39, 0.29) is 0 Å². The minimum Gasteiger partial charge on any atom is -0.298 e. The van der Waals surface area contributed by atoms with E-state index in [0.717, 1.165) is 24.8 Å². The van der Waals surface area contributed by atoms with Crippen molar-refractivity contribution >= 4 is 17.9 Å². The van der Waals surface area contributed by atoms with Gasteiger partial charge in [-0.2, -0.15) is 5.10 Å². The van der Waals surface area contributed by atoms with Gasteiger partial charge in [0.25, 0.3) is 0 Å². The van der Waals surface area contributed by atoms with Gasteiger partial charge < -0.3 is 0 Å². The van der Waals surface area contributed by atoms with Crippen LogP contribution in [0.1, 0.15) is 34.8 Å². The normalized spacial score (nSPS) is 16.5. The van der Waals surface area contributed by atoms with Crippen LogP contribution in [-0.2, 0) is 7.05 Å². The van der Waals surface area contributed by atoms with Gasteiger partial charge >= 0.3 is 0 Å². The molecule has 0 saturated heterocycles. The van der Waals surface area contributed by atoms with Crippen molar-refractivity contribution in [2.75, 3.05) is 0 Å². The molecule has 4 heteroatoms. The Morgan fingerprint density at radius 2 is 2.33 bits per heavy atom. The van der Waals surface area contributed by atoms with Crippen LogP contribution in [0.5, 0.6) is 0 Å². The van der Waals surface area contributed by atoms with E-state index in [1.165, 1.54) is 0 Å². The summed E-state index contributed by atoms with van der Waals surface area (Å²) in [4.78, 5) is 10.7. The second kappa shape index (κ2) is 2.59. The Kier molecular flexibility index (Phi) is 1.68. The predicted octanol–water partition coefficient (Wildman–Crippen LogP) is 1.76. The van der Waals surface area contributed by atoms with Gasteiger partial charge in [-0.3, -0.25) is 9.48 Å². The molecule has 12 heavy (non-hydrogen) atoms. The number of carbonyl (C=O) groups is 1. The highest BCUT2D eigenvalue weighted by molar-refractivity contribution is 6.32. The zero-order valence-corrected chi connectivity index (χ0v) is 7.51. The van der Waals surface area contributed by atoms with Gasteiger partial charge in [-0.25, -0.2) is 0 Å². The maximum Gasteiger partial charge on any atom is 0.155 e. The van der Waals surface area contributed by atoms with Gasteiger partial charge in [0.2, 0.25) is 0 Å². The quantitative estimate of drug-likeness (QED) is 0.657. The van der Waals surface area contributed by atoms with Crippen LogP contribution in [0.2, 0.25) is 5.15 Å². The smallest absolute Gasteiger partial charge is 0.155 e. The third-order valence-electron chi connectivity index (χ3n) is 2.12. The summed E-state index contributed by atoms with van der Waals surface area (Å²) in [5, 5.41) is 4.65. The fourth-order valence-corrected chi connectivity index (χ4v) is 1.49. The standard InChI is InChI=1S/C8H9ClN2O/c1-11-8(9)6(4-12)7(10-11)5-2-3-5/h4-5H,2-3H2,1H3.